The topological polar surface area (TPSA) is 66.8 Å². The molecule has 1 saturated heterocycles. The van der Waals surface area contributed by atoms with Crippen molar-refractivity contribution < 1.29 is 19.7 Å². The standard InChI is InChI=1S/C16H26O4/c1-14(2)7-5-12(17)15(3)11(4-8-16(14,15)19)10-6-9-20-13(10)18/h10-12,17,19H,4-9H2,1-3H3/t10?,11-,12+,15+,16+/m0/s1. The Kier molecular flexibility index (Phi) is 3.01. The summed E-state index contributed by atoms with van der Waals surface area (Å²) in [4.78, 5) is 12.0. The number of carbonyl (C=O) groups excluding carboxylic acids is 1. The fourth-order valence-electron chi connectivity index (χ4n) is 5.33. The van der Waals surface area contributed by atoms with Crippen molar-refractivity contribution in [2.24, 2.45) is 22.7 Å². The molecular formula is C16H26O4. The first-order valence-electron chi connectivity index (χ1n) is 7.81. The summed E-state index contributed by atoms with van der Waals surface area (Å²) in [6.45, 7) is 6.65. The van der Waals surface area contributed by atoms with Gasteiger partial charge in [0.25, 0.3) is 0 Å². The van der Waals surface area contributed by atoms with Gasteiger partial charge in [-0.3, -0.25) is 4.79 Å². The number of aliphatic hydroxyl groups is 2. The fourth-order valence-corrected chi connectivity index (χ4v) is 5.33. The lowest BCUT2D eigenvalue weighted by Gasteiger charge is -2.58. The highest BCUT2D eigenvalue weighted by Gasteiger charge is 2.69. The molecule has 0 bridgehead atoms. The summed E-state index contributed by atoms with van der Waals surface area (Å²) in [7, 11) is 0. The summed E-state index contributed by atoms with van der Waals surface area (Å²) in [6, 6.07) is 0. The minimum Gasteiger partial charge on any atom is -0.465 e. The van der Waals surface area contributed by atoms with Crippen LogP contribution in [-0.2, 0) is 9.53 Å². The van der Waals surface area contributed by atoms with Gasteiger partial charge < -0.3 is 14.9 Å². The first-order valence-corrected chi connectivity index (χ1v) is 7.81. The Labute approximate surface area is 120 Å². The van der Waals surface area contributed by atoms with Crippen LogP contribution in [0.25, 0.3) is 0 Å². The van der Waals surface area contributed by atoms with Crippen LogP contribution >= 0.6 is 0 Å². The summed E-state index contributed by atoms with van der Waals surface area (Å²) < 4.78 is 5.12. The second-order valence-corrected chi connectivity index (χ2v) is 7.79. The Balaban J connectivity index is 2.02. The SMILES string of the molecule is CC1(C)CC[C@@H](O)[C@@]2(C)[C@H](C3CCOC3=O)CC[C@@]12O. The van der Waals surface area contributed by atoms with Crippen LogP contribution in [0.2, 0.25) is 0 Å². The maximum Gasteiger partial charge on any atom is 0.309 e. The predicted octanol–water partition coefficient (Wildman–Crippen LogP) is 1.88. The smallest absolute Gasteiger partial charge is 0.309 e. The number of esters is 1. The van der Waals surface area contributed by atoms with Gasteiger partial charge in [0.05, 0.1) is 24.2 Å². The van der Waals surface area contributed by atoms with Crippen molar-refractivity contribution in [2.75, 3.05) is 6.61 Å². The number of aliphatic hydroxyl groups excluding tert-OH is 1. The number of carbonyl (C=O) groups is 1. The summed E-state index contributed by atoms with van der Waals surface area (Å²) in [5, 5.41) is 22.0. The zero-order chi connectivity index (χ0) is 14.8. The van der Waals surface area contributed by atoms with Crippen molar-refractivity contribution in [2.45, 2.75) is 64.6 Å². The Bertz CT molecular complexity index is 432. The molecule has 2 saturated carbocycles. The number of rotatable bonds is 1. The largest absolute Gasteiger partial charge is 0.465 e. The number of cyclic esters (lactones) is 1. The molecule has 4 heteroatoms. The average molecular weight is 282 g/mol. The van der Waals surface area contributed by atoms with Crippen molar-refractivity contribution in [1.29, 1.82) is 0 Å². The van der Waals surface area contributed by atoms with E-state index in [1.807, 2.05) is 6.92 Å². The summed E-state index contributed by atoms with van der Waals surface area (Å²) in [5.74, 6) is -0.272. The Morgan fingerprint density at radius 3 is 2.45 bits per heavy atom. The molecule has 2 N–H and O–H groups in total. The van der Waals surface area contributed by atoms with Crippen LogP contribution in [-0.4, -0.2) is 34.5 Å². The van der Waals surface area contributed by atoms with Crippen LogP contribution in [0.4, 0.5) is 0 Å². The van der Waals surface area contributed by atoms with Gasteiger partial charge in [0, 0.05) is 5.41 Å². The number of hydrogen-bond donors (Lipinski definition) is 2. The Morgan fingerprint density at radius 1 is 1.15 bits per heavy atom. The highest BCUT2D eigenvalue weighted by atomic mass is 16.5. The van der Waals surface area contributed by atoms with Gasteiger partial charge in [0.15, 0.2) is 0 Å². The van der Waals surface area contributed by atoms with Gasteiger partial charge >= 0.3 is 5.97 Å². The molecule has 4 nitrogen and oxygen atoms in total. The second kappa shape index (κ2) is 4.20. The highest BCUT2D eigenvalue weighted by molar-refractivity contribution is 5.74. The van der Waals surface area contributed by atoms with E-state index in [1.54, 1.807) is 0 Å². The molecule has 3 aliphatic rings. The molecule has 20 heavy (non-hydrogen) atoms. The number of ether oxygens (including phenoxy) is 1. The van der Waals surface area contributed by atoms with E-state index in [9.17, 15) is 15.0 Å². The van der Waals surface area contributed by atoms with Crippen molar-refractivity contribution in [3.05, 3.63) is 0 Å². The van der Waals surface area contributed by atoms with E-state index in [-0.39, 0.29) is 23.2 Å². The van der Waals surface area contributed by atoms with Gasteiger partial charge in [-0.1, -0.05) is 20.8 Å². The highest BCUT2D eigenvalue weighted by Crippen LogP contribution is 2.66. The molecule has 0 spiro atoms. The van der Waals surface area contributed by atoms with Crippen molar-refractivity contribution in [3.8, 4) is 0 Å². The van der Waals surface area contributed by atoms with Crippen LogP contribution in [0.15, 0.2) is 0 Å². The molecule has 0 aromatic rings. The van der Waals surface area contributed by atoms with E-state index in [0.717, 1.165) is 19.3 Å². The minimum absolute atomic E-state index is 0.0251. The molecule has 1 aliphatic heterocycles. The third kappa shape index (κ3) is 1.52. The third-order valence-corrected chi connectivity index (χ3v) is 6.79. The predicted molar refractivity (Wildman–Crippen MR) is 73.9 cm³/mol. The lowest BCUT2D eigenvalue weighted by atomic mass is 9.50. The molecule has 0 radical (unpaired) electrons. The molecule has 0 aromatic heterocycles. The zero-order valence-corrected chi connectivity index (χ0v) is 12.7. The lowest BCUT2D eigenvalue weighted by Crippen LogP contribution is -2.64. The maximum absolute atomic E-state index is 12.0. The third-order valence-electron chi connectivity index (χ3n) is 6.79. The normalized spacial score (nSPS) is 50.9. The van der Waals surface area contributed by atoms with Crippen molar-refractivity contribution in [3.63, 3.8) is 0 Å². The van der Waals surface area contributed by atoms with Gasteiger partial charge in [-0.25, -0.2) is 0 Å². The molecule has 1 unspecified atom stereocenters. The molecule has 3 fully saturated rings. The van der Waals surface area contributed by atoms with E-state index in [1.165, 1.54) is 0 Å². The Morgan fingerprint density at radius 2 is 1.85 bits per heavy atom. The van der Waals surface area contributed by atoms with Crippen LogP contribution < -0.4 is 0 Å². The maximum atomic E-state index is 12.0. The molecule has 5 atom stereocenters. The van der Waals surface area contributed by atoms with Gasteiger partial charge in [0.2, 0.25) is 0 Å². The van der Waals surface area contributed by atoms with E-state index in [2.05, 4.69) is 13.8 Å². The van der Waals surface area contributed by atoms with E-state index >= 15 is 0 Å². The van der Waals surface area contributed by atoms with E-state index < -0.39 is 17.1 Å². The molecule has 2 aliphatic carbocycles. The van der Waals surface area contributed by atoms with Gasteiger partial charge in [-0.05, 0) is 43.4 Å². The number of hydrogen-bond acceptors (Lipinski definition) is 4. The van der Waals surface area contributed by atoms with Crippen LogP contribution in [0, 0.1) is 22.7 Å². The van der Waals surface area contributed by atoms with E-state index in [0.29, 0.717) is 19.4 Å². The fraction of sp³-hybridized carbons (Fsp3) is 0.938. The summed E-state index contributed by atoms with van der Waals surface area (Å²) >= 11 is 0. The van der Waals surface area contributed by atoms with Gasteiger partial charge in [-0.15, -0.1) is 0 Å². The molecular weight excluding hydrogens is 256 g/mol. The molecule has 114 valence electrons. The number of fused-ring (bicyclic) bond motifs is 1. The van der Waals surface area contributed by atoms with Crippen LogP contribution in [0.3, 0.4) is 0 Å². The van der Waals surface area contributed by atoms with Gasteiger partial charge in [0.1, 0.15) is 0 Å². The average Bonchev–Trinajstić information content (AvgIpc) is 2.90. The first-order chi connectivity index (χ1) is 9.24. The molecule has 0 amide bonds. The first kappa shape index (κ1) is 14.3. The Hall–Kier alpha value is -0.610. The van der Waals surface area contributed by atoms with Crippen LogP contribution in [0.1, 0.15) is 52.9 Å². The monoisotopic (exact) mass is 282 g/mol. The molecule has 0 aromatic carbocycles. The quantitative estimate of drug-likeness (QED) is 0.721. The minimum atomic E-state index is -0.898. The van der Waals surface area contributed by atoms with Crippen LogP contribution in [0.5, 0.6) is 0 Å². The second-order valence-electron chi connectivity index (χ2n) is 7.79. The van der Waals surface area contributed by atoms with Gasteiger partial charge in [-0.2, -0.15) is 0 Å². The zero-order valence-electron chi connectivity index (χ0n) is 12.7. The summed E-state index contributed by atoms with van der Waals surface area (Å²) in [6.07, 6.45) is 3.17. The van der Waals surface area contributed by atoms with Crippen molar-refractivity contribution in [1.82, 2.24) is 0 Å². The van der Waals surface area contributed by atoms with Crippen molar-refractivity contribution >= 4 is 5.97 Å². The molecule has 3 rings (SSSR count). The van der Waals surface area contributed by atoms with E-state index in [4.69, 9.17) is 4.74 Å². The molecule has 1 heterocycles. The summed E-state index contributed by atoms with van der Waals surface area (Å²) in [5.41, 5.74) is -1.73. The lowest BCUT2D eigenvalue weighted by molar-refractivity contribution is -0.224.